The highest BCUT2D eigenvalue weighted by Crippen LogP contribution is 2.41. The highest BCUT2D eigenvalue weighted by atomic mass is 16.2. The lowest BCUT2D eigenvalue weighted by Gasteiger charge is -2.45. The summed E-state index contributed by atoms with van der Waals surface area (Å²) in [5, 5.41) is 8.16. The summed E-state index contributed by atoms with van der Waals surface area (Å²) in [6.45, 7) is 0. The van der Waals surface area contributed by atoms with E-state index in [9.17, 15) is 4.79 Å². The Kier molecular flexibility index (Phi) is 4.27. The third-order valence-electron chi connectivity index (χ3n) is 6.63. The molecule has 2 bridgehead atoms. The first-order chi connectivity index (χ1) is 13.2. The first kappa shape index (κ1) is 17.0. The molecule has 0 spiro atoms. The van der Waals surface area contributed by atoms with Crippen molar-refractivity contribution in [3.8, 4) is 5.69 Å². The quantitative estimate of drug-likeness (QED) is 0.873. The van der Waals surface area contributed by atoms with Crippen molar-refractivity contribution in [2.24, 2.45) is 17.6 Å². The summed E-state index contributed by atoms with van der Waals surface area (Å²) in [6.07, 6.45) is 8.05. The summed E-state index contributed by atoms with van der Waals surface area (Å²) in [4.78, 5) is 13.3. The van der Waals surface area contributed by atoms with Gasteiger partial charge in [-0.2, -0.15) is 5.10 Å². The topological polar surface area (TPSA) is 72.9 Å². The van der Waals surface area contributed by atoms with Crippen LogP contribution in [0, 0.1) is 11.8 Å². The Morgan fingerprint density at radius 3 is 2.44 bits per heavy atom. The fraction of sp³-hybridized carbons (Fsp3) is 0.545. The van der Waals surface area contributed by atoms with Gasteiger partial charge >= 0.3 is 0 Å². The molecular weight excluding hydrogens is 336 g/mol. The molecule has 5 heteroatoms. The van der Waals surface area contributed by atoms with Gasteiger partial charge in [0.15, 0.2) is 0 Å². The van der Waals surface area contributed by atoms with Crippen LogP contribution in [0.5, 0.6) is 0 Å². The third-order valence-corrected chi connectivity index (χ3v) is 6.63. The van der Waals surface area contributed by atoms with Gasteiger partial charge in [0.1, 0.15) is 5.69 Å². The highest BCUT2D eigenvalue weighted by molar-refractivity contribution is 5.93. The number of para-hydroxylation sites is 1. The molecule has 3 N–H and O–H groups in total. The molecule has 2 aromatic rings. The van der Waals surface area contributed by atoms with Crippen LogP contribution in [0.25, 0.3) is 5.69 Å². The first-order valence-corrected chi connectivity index (χ1v) is 10.4. The van der Waals surface area contributed by atoms with E-state index in [4.69, 9.17) is 10.8 Å². The standard InChI is InChI=1S/C22H28N4O/c23-17-11-15-5-4-6-16(12-17)21(15)24-22(27)20-13-19(14-9-10-14)25-26(20)18-7-2-1-3-8-18/h1-3,7-8,13-17,21H,4-6,9-12,23H2,(H,24,27). The predicted molar refractivity (Wildman–Crippen MR) is 105 cm³/mol. The lowest BCUT2D eigenvalue weighted by molar-refractivity contribution is 0.0749. The molecule has 1 aromatic carbocycles. The minimum atomic E-state index is 0.00984. The lowest BCUT2D eigenvalue weighted by atomic mass is 9.67. The van der Waals surface area contributed by atoms with Crippen LogP contribution >= 0.6 is 0 Å². The van der Waals surface area contributed by atoms with Crippen LogP contribution in [0.15, 0.2) is 36.4 Å². The summed E-state index contributed by atoms with van der Waals surface area (Å²) in [5.41, 5.74) is 8.90. The zero-order valence-corrected chi connectivity index (χ0v) is 15.7. The van der Waals surface area contributed by atoms with Crippen molar-refractivity contribution in [3.05, 3.63) is 47.8 Å². The Balaban J connectivity index is 1.43. The van der Waals surface area contributed by atoms with Gasteiger partial charge in [0, 0.05) is 18.0 Å². The molecule has 2 unspecified atom stereocenters. The number of aromatic nitrogens is 2. The summed E-state index contributed by atoms with van der Waals surface area (Å²) in [5.74, 6) is 1.57. The molecule has 3 aliphatic carbocycles. The smallest absolute Gasteiger partial charge is 0.270 e. The van der Waals surface area contributed by atoms with Gasteiger partial charge in [-0.15, -0.1) is 0 Å². The van der Waals surface area contributed by atoms with Crippen molar-refractivity contribution in [3.63, 3.8) is 0 Å². The summed E-state index contributed by atoms with van der Waals surface area (Å²) < 4.78 is 1.83. The maximum Gasteiger partial charge on any atom is 0.270 e. The molecule has 1 aromatic heterocycles. The van der Waals surface area contributed by atoms with E-state index >= 15 is 0 Å². The Labute approximate surface area is 160 Å². The van der Waals surface area contributed by atoms with E-state index in [1.54, 1.807) is 0 Å². The van der Waals surface area contributed by atoms with Crippen molar-refractivity contribution in [1.29, 1.82) is 0 Å². The van der Waals surface area contributed by atoms with Gasteiger partial charge in [-0.3, -0.25) is 4.79 Å². The monoisotopic (exact) mass is 364 g/mol. The van der Waals surface area contributed by atoms with Gasteiger partial charge in [0.05, 0.1) is 11.4 Å². The fourth-order valence-corrected chi connectivity index (χ4v) is 5.16. The zero-order valence-electron chi connectivity index (χ0n) is 15.7. The number of amides is 1. The normalized spacial score (nSPS) is 30.1. The number of carbonyl (C=O) groups excluding carboxylic acids is 1. The summed E-state index contributed by atoms with van der Waals surface area (Å²) in [7, 11) is 0. The van der Waals surface area contributed by atoms with Gasteiger partial charge in [-0.1, -0.05) is 24.6 Å². The molecule has 5 nitrogen and oxygen atoms in total. The average Bonchev–Trinajstić information content (AvgIpc) is 3.41. The van der Waals surface area contributed by atoms with E-state index in [0.29, 0.717) is 29.5 Å². The van der Waals surface area contributed by atoms with Crippen LogP contribution in [-0.4, -0.2) is 27.8 Å². The molecule has 0 aliphatic heterocycles. The second-order valence-electron chi connectivity index (χ2n) is 8.66. The second kappa shape index (κ2) is 6.79. The Hall–Kier alpha value is -2.14. The molecule has 27 heavy (non-hydrogen) atoms. The van der Waals surface area contributed by atoms with Crippen molar-refractivity contribution < 1.29 is 4.79 Å². The number of hydrogen-bond acceptors (Lipinski definition) is 3. The molecule has 3 fully saturated rings. The number of benzene rings is 1. The predicted octanol–water partition coefficient (Wildman–Crippen LogP) is 3.39. The van der Waals surface area contributed by atoms with E-state index in [2.05, 4.69) is 5.32 Å². The van der Waals surface area contributed by atoms with E-state index in [1.807, 2.05) is 41.1 Å². The van der Waals surface area contributed by atoms with E-state index in [0.717, 1.165) is 24.2 Å². The van der Waals surface area contributed by atoms with E-state index < -0.39 is 0 Å². The Morgan fingerprint density at radius 1 is 1.07 bits per heavy atom. The molecule has 5 rings (SSSR count). The maximum absolute atomic E-state index is 13.3. The van der Waals surface area contributed by atoms with Crippen molar-refractivity contribution in [2.75, 3.05) is 0 Å². The SMILES string of the molecule is NC1CC2CCCC(C1)C2NC(=O)c1cc(C2CC2)nn1-c1ccccc1. The van der Waals surface area contributed by atoms with E-state index in [-0.39, 0.29) is 11.9 Å². The average molecular weight is 364 g/mol. The largest absolute Gasteiger partial charge is 0.347 e. The van der Waals surface area contributed by atoms with E-state index in [1.165, 1.54) is 32.1 Å². The van der Waals surface area contributed by atoms with Crippen LogP contribution in [-0.2, 0) is 0 Å². The molecule has 142 valence electrons. The van der Waals surface area contributed by atoms with Crippen LogP contribution in [0.2, 0.25) is 0 Å². The van der Waals surface area contributed by atoms with Crippen molar-refractivity contribution in [1.82, 2.24) is 15.1 Å². The summed E-state index contributed by atoms with van der Waals surface area (Å²) >= 11 is 0. The van der Waals surface area contributed by atoms with Crippen molar-refractivity contribution in [2.45, 2.75) is 62.9 Å². The second-order valence-corrected chi connectivity index (χ2v) is 8.66. The molecule has 0 saturated heterocycles. The van der Waals surface area contributed by atoms with Crippen molar-refractivity contribution >= 4 is 5.91 Å². The lowest BCUT2D eigenvalue weighted by Crippen LogP contribution is -2.53. The van der Waals surface area contributed by atoms with Gasteiger partial charge in [0.2, 0.25) is 0 Å². The molecule has 0 radical (unpaired) electrons. The molecular formula is C22H28N4O. The molecule has 1 heterocycles. The number of nitrogens with zero attached hydrogens (tertiary/aromatic N) is 2. The zero-order chi connectivity index (χ0) is 18.4. The Bertz CT molecular complexity index is 812. The van der Waals surface area contributed by atoms with Gasteiger partial charge in [0.25, 0.3) is 5.91 Å². The van der Waals surface area contributed by atoms with Crippen LogP contribution in [0.1, 0.15) is 67.0 Å². The fourth-order valence-electron chi connectivity index (χ4n) is 5.16. The number of rotatable bonds is 4. The minimum absolute atomic E-state index is 0.00984. The number of carbonyl (C=O) groups is 1. The molecule has 1 amide bonds. The number of nitrogens with one attached hydrogen (secondary N) is 1. The van der Waals surface area contributed by atoms with Gasteiger partial charge < -0.3 is 11.1 Å². The Morgan fingerprint density at radius 2 is 1.78 bits per heavy atom. The highest BCUT2D eigenvalue weighted by Gasteiger charge is 2.40. The van der Waals surface area contributed by atoms with Crippen LogP contribution < -0.4 is 11.1 Å². The number of hydrogen-bond donors (Lipinski definition) is 2. The molecule has 2 atom stereocenters. The first-order valence-electron chi connectivity index (χ1n) is 10.4. The van der Waals surface area contributed by atoms with Crippen LogP contribution in [0.3, 0.4) is 0 Å². The van der Waals surface area contributed by atoms with Gasteiger partial charge in [-0.05, 0) is 68.6 Å². The minimum Gasteiger partial charge on any atom is -0.347 e. The van der Waals surface area contributed by atoms with Gasteiger partial charge in [-0.25, -0.2) is 4.68 Å². The number of nitrogens with two attached hydrogens (primary N) is 1. The molecule has 3 saturated carbocycles. The summed E-state index contributed by atoms with van der Waals surface area (Å²) in [6, 6.07) is 12.5. The molecule has 3 aliphatic rings. The number of fused-ring (bicyclic) bond motifs is 2. The third kappa shape index (κ3) is 3.29. The van der Waals surface area contributed by atoms with Crippen LogP contribution in [0.4, 0.5) is 0 Å². The maximum atomic E-state index is 13.3.